The average molecular weight is 223 g/mol. The van der Waals surface area contributed by atoms with E-state index in [1.165, 1.54) is 18.2 Å². The molecule has 0 saturated heterocycles. The maximum absolute atomic E-state index is 13.0. The second kappa shape index (κ2) is 4.22. The van der Waals surface area contributed by atoms with E-state index in [1.54, 1.807) is 6.92 Å². The molecule has 0 unspecified atom stereocenters. The van der Waals surface area contributed by atoms with Crippen molar-refractivity contribution in [1.29, 1.82) is 0 Å². The first-order valence-corrected chi connectivity index (χ1v) is 5.31. The third kappa shape index (κ3) is 2.22. The number of aliphatic hydroxyl groups is 1. The van der Waals surface area contributed by atoms with Crippen molar-refractivity contribution in [2.75, 3.05) is 0 Å². The van der Waals surface area contributed by atoms with Crippen LogP contribution < -0.4 is 5.32 Å². The maximum Gasteiger partial charge on any atom is 0.251 e. The molecule has 3 nitrogen and oxygen atoms in total. The summed E-state index contributed by atoms with van der Waals surface area (Å²) in [6, 6.07) is 4.33. The fourth-order valence-corrected chi connectivity index (χ4v) is 1.76. The zero-order valence-corrected chi connectivity index (χ0v) is 9.03. The molecular weight excluding hydrogens is 209 g/mol. The van der Waals surface area contributed by atoms with Crippen molar-refractivity contribution in [3.05, 3.63) is 35.1 Å². The molecule has 2 rings (SSSR count). The second-order valence-electron chi connectivity index (χ2n) is 4.26. The van der Waals surface area contributed by atoms with Gasteiger partial charge in [0.05, 0.1) is 6.10 Å². The lowest BCUT2D eigenvalue weighted by molar-refractivity contribution is 0.0562. The number of rotatable bonds is 2. The van der Waals surface area contributed by atoms with Crippen molar-refractivity contribution in [3.8, 4) is 0 Å². The highest BCUT2D eigenvalue weighted by Gasteiger charge is 2.28. The molecule has 1 aliphatic carbocycles. The molecule has 1 fully saturated rings. The van der Waals surface area contributed by atoms with Gasteiger partial charge in [-0.15, -0.1) is 0 Å². The number of carbonyl (C=O) groups is 1. The summed E-state index contributed by atoms with van der Waals surface area (Å²) in [5.41, 5.74) is 0.918. The number of benzene rings is 1. The first-order valence-electron chi connectivity index (χ1n) is 5.31. The Hall–Kier alpha value is -1.42. The Labute approximate surface area is 93.3 Å². The van der Waals surface area contributed by atoms with Gasteiger partial charge in [-0.3, -0.25) is 4.79 Å². The van der Waals surface area contributed by atoms with Gasteiger partial charge in [-0.05, 0) is 43.5 Å². The van der Waals surface area contributed by atoms with Gasteiger partial charge in [-0.2, -0.15) is 0 Å². The van der Waals surface area contributed by atoms with E-state index in [0.29, 0.717) is 24.0 Å². The van der Waals surface area contributed by atoms with Crippen molar-refractivity contribution < 1.29 is 14.3 Å². The van der Waals surface area contributed by atoms with Crippen LogP contribution >= 0.6 is 0 Å². The van der Waals surface area contributed by atoms with Crippen LogP contribution in [0, 0.1) is 12.7 Å². The minimum atomic E-state index is -0.310. The average Bonchev–Trinajstić information content (AvgIpc) is 2.19. The lowest BCUT2D eigenvalue weighted by Crippen LogP contribution is -2.46. The summed E-state index contributed by atoms with van der Waals surface area (Å²) in [5, 5.41) is 11.9. The van der Waals surface area contributed by atoms with Crippen molar-refractivity contribution in [2.24, 2.45) is 0 Å². The molecule has 0 atom stereocenters. The van der Waals surface area contributed by atoms with Crippen LogP contribution in [0.25, 0.3) is 0 Å². The van der Waals surface area contributed by atoms with E-state index in [1.807, 2.05) is 0 Å². The largest absolute Gasteiger partial charge is 0.393 e. The van der Waals surface area contributed by atoms with Gasteiger partial charge in [0.15, 0.2) is 0 Å². The van der Waals surface area contributed by atoms with Gasteiger partial charge in [0.2, 0.25) is 0 Å². The first-order chi connectivity index (χ1) is 7.56. The van der Waals surface area contributed by atoms with E-state index in [2.05, 4.69) is 5.32 Å². The van der Waals surface area contributed by atoms with Gasteiger partial charge in [0, 0.05) is 11.6 Å². The van der Waals surface area contributed by atoms with Gasteiger partial charge in [0.1, 0.15) is 5.82 Å². The van der Waals surface area contributed by atoms with Crippen molar-refractivity contribution in [2.45, 2.75) is 31.9 Å². The van der Waals surface area contributed by atoms with E-state index >= 15 is 0 Å². The van der Waals surface area contributed by atoms with Crippen LogP contribution in [0.2, 0.25) is 0 Å². The summed E-state index contributed by atoms with van der Waals surface area (Å²) >= 11 is 0. The van der Waals surface area contributed by atoms with Crippen molar-refractivity contribution in [1.82, 2.24) is 5.32 Å². The van der Waals surface area contributed by atoms with Crippen LogP contribution in [0.1, 0.15) is 28.8 Å². The second-order valence-corrected chi connectivity index (χ2v) is 4.26. The number of hydrogen-bond donors (Lipinski definition) is 2. The molecule has 1 aliphatic rings. The highest BCUT2D eigenvalue weighted by atomic mass is 19.1. The van der Waals surface area contributed by atoms with Crippen LogP contribution in [0.15, 0.2) is 18.2 Å². The molecule has 0 spiro atoms. The minimum absolute atomic E-state index is 0.0489. The highest BCUT2D eigenvalue weighted by molar-refractivity contribution is 5.94. The standard InChI is InChI=1S/C12H14FNO2/c1-7-4-8(2-3-11(7)13)12(16)14-9-5-10(15)6-9/h2-4,9-10,15H,5-6H2,1H3,(H,14,16). The molecule has 1 aromatic carbocycles. The number of halogens is 1. The Balaban J connectivity index is 2.01. The first kappa shape index (κ1) is 11.1. The molecule has 1 amide bonds. The Morgan fingerprint density at radius 1 is 1.50 bits per heavy atom. The Bertz CT molecular complexity index is 413. The fraction of sp³-hybridized carbons (Fsp3) is 0.417. The number of carbonyl (C=O) groups excluding carboxylic acids is 1. The van der Waals surface area contributed by atoms with Gasteiger partial charge < -0.3 is 10.4 Å². The summed E-state index contributed by atoms with van der Waals surface area (Å²) in [6.07, 6.45) is 0.915. The number of aryl methyl sites for hydroxylation is 1. The monoisotopic (exact) mass is 223 g/mol. The van der Waals surface area contributed by atoms with Gasteiger partial charge in [0.25, 0.3) is 5.91 Å². The molecule has 0 aromatic heterocycles. The summed E-state index contributed by atoms with van der Waals surface area (Å²) in [7, 11) is 0. The normalized spacial score (nSPS) is 23.7. The lowest BCUT2D eigenvalue weighted by Gasteiger charge is -2.31. The molecule has 1 saturated carbocycles. The smallest absolute Gasteiger partial charge is 0.251 e. The van der Waals surface area contributed by atoms with Crippen LogP contribution in [0.4, 0.5) is 4.39 Å². The number of hydrogen-bond acceptors (Lipinski definition) is 2. The fourth-order valence-electron chi connectivity index (χ4n) is 1.76. The summed E-state index contributed by atoms with van der Waals surface area (Å²) in [5.74, 6) is -0.518. The predicted octanol–water partition coefficient (Wildman–Crippen LogP) is 1.39. The molecule has 0 heterocycles. The molecule has 0 bridgehead atoms. The maximum atomic E-state index is 13.0. The zero-order chi connectivity index (χ0) is 11.7. The number of amides is 1. The summed E-state index contributed by atoms with van der Waals surface area (Å²) in [6.45, 7) is 1.62. The predicted molar refractivity (Wildman–Crippen MR) is 57.6 cm³/mol. The van der Waals surface area contributed by atoms with E-state index in [0.717, 1.165) is 0 Å². The quantitative estimate of drug-likeness (QED) is 0.796. The Morgan fingerprint density at radius 2 is 2.19 bits per heavy atom. The summed E-state index contributed by atoms with van der Waals surface area (Å²) < 4.78 is 13.0. The van der Waals surface area contributed by atoms with E-state index in [9.17, 15) is 9.18 Å². The summed E-state index contributed by atoms with van der Waals surface area (Å²) in [4.78, 5) is 11.7. The van der Waals surface area contributed by atoms with Crippen LogP contribution in [-0.4, -0.2) is 23.2 Å². The molecule has 0 aliphatic heterocycles. The number of aliphatic hydroxyl groups excluding tert-OH is 1. The molecule has 0 radical (unpaired) electrons. The van der Waals surface area contributed by atoms with Gasteiger partial charge >= 0.3 is 0 Å². The third-order valence-corrected chi connectivity index (χ3v) is 2.87. The minimum Gasteiger partial charge on any atom is -0.393 e. The molecular formula is C12H14FNO2. The van der Waals surface area contributed by atoms with Crippen LogP contribution in [0.3, 0.4) is 0 Å². The SMILES string of the molecule is Cc1cc(C(=O)NC2CC(O)C2)ccc1F. The number of nitrogens with one attached hydrogen (secondary N) is 1. The van der Waals surface area contributed by atoms with E-state index < -0.39 is 0 Å². The molecule has 1 aromatic rings. The van der Waals surface area contributed by atoms with Crippen molar-refractivity contribution >= 4 is 5.91 Å². The molecule has 86 valence electrons. The molecule has 16 heavy (non-hydrogen) atoms. The lowest BCUT2D eigenvalue weighted by atomic mass is 9.89. The third-order valence-electron chi connectivity index (χ3n) is 2.87. The van der Waals surface area contributed by atoms with E-state index in [-0.39, 0.29) is 23.9 Å². The van der Waals surface area contributed by atoms with E-state index in [4.69, 9.17) is 5.11 Å². The van der Waals surface area contributed by atoms with Crippen LogP contribution in [-0.2, 0) is 0 Å². The topological polar surface area (TPSA) is 49.3 Å². The Kier molecular flexibility index (Phi) is 2.92. The molecule has 2 N–H and O–H groups in total. The zero-order valence-electron chi connectivity index (χ0n) is 9.03. The van der Waals surface area contributed by atoms with Gasteiger partial charge in [-0.25, -0.2) is 4.39 Å². The van der Waals surface area contributed by atoms with Crippen molar-refractivity contribution in [3.63, 3.8) is 0 Å². The highest BCUT2D eigenvalue weighted by Crippen LogP contribution is 2.20. The molecule has 4 heteroatoms. The Morgan fingerprint density at radius 3 is 2.75 bits per heavy atom. The van der Waals surface area contributed by atoms with Crippen LogP contribution in [0.5, 0.6) is 0 Å². The van der Waals surface area contributed by atoms with Gasteiger partial charge in [-0.1, -0.05) is 0 Å².